The average Bonchev–Trinajstić information content (AvgIpc) is 3.52. The van der Waals surface area contributed by atoms with Crippen LogP contribution in [0.3, 0.4) is 0 Å². The Kier molecular flexibility index (Phi) is 8.33. The Bertz CT molecular complexity index is 936. The minimum atomic E-state index is -0.853. The van der Waals surface area contributed by atoms with Crippen molar-refractivity contribution in [3.63, 3.8) is 0 Å². The maximum Gasteiger partial charge on any atom is 0.348 e. The van der Waals surface area contributed by atoms with Crippen LogP contribution in [-0.4, -0.2) is 66.8 Å². The molecule has 0 radical (unpaired) electrons. The molecule has 2 N–H and O–H groups in total. The summed E-state index contributed by atoms with van der Waals surface area (Å²) in [6, 6.07) is 13.1. The van der Waals surface area contributed by atoms with Crippen molar-refractivity contribution >= 4 is 23.2 Å². The quantitative estimate of drug-likeness (QED) is 0.522. The molecule has 6 atom stereocenters. The van der Waals surface area contributed by atoms with Crippen LogP contribution in [0.25, 0.3) is 0 Å². The number of hydrogen-bond donors (Lipinski definition) is 2. The zero-order chi connectivity index (χ0) is 24.1. The minimum absolute atomic E-state index is 0.0488. The lowest BCUT2D eigenvalue weighted by Gasteiger charge is -2.42. The van der Waals surface area contributed by atoms with Gasteiger partial charge in [-0.1, -0.05) is 50.2 Å². The van der Waals surface area contributed by atoms with Gasteiger partial charge >= 0.3 is 5.97 Å². The predicted molar refractivity (Wildman–Crippen MR) is 125 cm³/mol. The lowest BCUT2D eigenvalue weighted by molar-refractivity contribution is -0.233. The topological polar surface area (TPSA) is 103 Å². The third kappa shape index (κ3) is 5.84. The van der Waals surface area contributed by atoms with Gasteiger partial charge in [0.25, 0.3) is 0 Å². The number of nitrogens with one attached hydrogen (secondary N) is 1. The van der Waals surface area contributed by atoms with E-state index in [0.717, 1.165) is 5.56 Å². The number of benzene rings is 1. The van der Waals surface area contributed by atoms with Crippen molar-refractivity contribution in [2.24, 2.45) is 5.92 Å². The minimum Gasteiger partial charge on any atom is -0.452 e. The summed E-state index contributed by atoms with van der Waals surface area (Å²) in [6.45, 7) is 3.98. The maximum absolute atomic E-state index is 12.8. The third-order valence-corrected chi connectivity index (χ3v) is 6.88. The van der Waals surface area contributed by atoms with Gasteiger partial charge in [0, 0.05) is 18.9 Å². The number of rotatable bonds is 9. The summed E-state index contributed by atoms with van der Waals surface area (Å²) in [7, 11) is 0. The van der Waals surface area contributed by atoms with E-state index in [1.165, 1.54) is 11.3 Å². The highest BCUT2D eigenvalue weighted by molar-refractivity contribution is 7.11. The van der Waals surface area contributed by atoms with Crippen LogP contribution in [0.15, 0.2) is 47.8 Å². The Morgan fingerprint density at radius 2 is 1.94 bits per heavy atom. The summed E-state index contributed by atoms with van der Waals surface area (Å²) in [5, 5.41) is 14.8. The Morgan fingerprint density at radius 1 is 1.15 bits per heavy atom. The van der Waals surface area contributed by atoms with Crippen molar-refractivity contribution in [3.05, 3.63) is 58.3 Å². The molecule has 9 heteroatoms. The molecule has 3 heterocycles. The fourth-order valence-corrected chi connectivity index (χ4v) is 4.86. The molecular weight excluding hydrogens is 458 g/mol. The van der Waals surface area contributed by atoms with Crippen LogP contribution in [0, 0.1) is 5.92 Å². The van der Waals surface area contributed by atoms with Crippen LogP contribution in [0.5, 0.6) is 0 Å². The second kappa shape index (κ2) is 11.4. The van der Waals surface area contributed by atoms with Crippen LogP contribution in [0.1, 0.15) is 35.5 Å². The molecule has 1 unspecified atom stereocenters. The number of thiophene rings is 1. The molecule has 34 heavy (non-hydrogen) atoms. The van der Waals surface area contributed by atoms with E-state index < -0.39 is 30.4 Å². The number of amides is 1. The lowest BCUT2D eigenvalue weighted by atomic mass is 9.94. The van der Waals surface area contributed by atoms with Gasteiger partial charge in [-0.3, -0.25) is 4.79 Å². The highest BCUT2D eigenvalue weighted by Crippen LogP contribution is 2.36. The van der Waals surface area contributed by atoms with Gasteiger partial charge in [-0.05, 0) is 17.0 Å². The highest BCUT2D eigenvalue weighted by atomic mass is 32.1. The fourth-order valence-electron chi connectivity index (χ4n) is 4.25. The molecule has 2 fully saturated rings. The molecule has 2 saturated heterocycles. The molecule has 0 bridgehead atoms. The number of esters is 1. The van der Waals surface area contributed by atoms with Gasteiger partial charge < -0.3 is 29.4 Å². The van der Waals surface area contributed by atoms with Crippen molar-refractivity contribution in [1.82, 2.24) is 5.32 Å². The summed E-state index contributed by atoms with van der Waals surface area (Å²) < 4.78 is 24.5. The SMILES string of the molecule is CC(C)C(=O)NCC1C[C@H]2O[C@H](CO)[C@@H](OC(=O)c3cccs3)[C@H](OCc3ccccc3)[C@H]2O1. The summed E-state index contributed by atoms with van der Waals surface area (Å²) >= 11 is 1.28. The van der Waals surface area contributed by atoms with Crippen molar-refractivity contribution in [2.75, 3.05) is 13.2 Å². The molecule has 2 aliphatic heterocycles. The molecule has 0 spiro atoms. The normalized spacial score (nSPS) is 28.5. The van der Waals surface area contributed by atoms with E-state index in [1.807, 2.05) is 44.2 Å². The van der Waals surface area contributed by atoms with Crippen LogP contribution < -0.4 is 5.32 Å². The van der Waals surface area contributed by atoms with E-state index in [2.05, 4.69) is 5.32 Å². The zero-order valence-corrected chi connectivity index (χ0v) is 20.1. The van der Waals surface area contributed by atoms with Crippen LogP contribution in [-0.2, 0) is 30.3 Å². The van der Waals surface area contributed by atoms with Gasteiger partial charge in [0.1, 0.15) is 23.2 Å². The number of ether oxygens (including phenoxy) is 4. The molecule has 1 aromatic carbocycles. The monoisotopic (exact) mass is 489 g/mol. The second-order valence-corrected chi connectivity index (χ2v) is 9.81. The summed E-state index contributed by atoms with van der Waals surface area (Å²) in [6.07, 6.45) is -2.84. The first-order chi connectivity index (χ1) is 16.5. The van der Waals surface area contributed by atoms with Crippen molar-refractivity contribution in [2.45, 2.75) is 63.5 Å². The van der Waals surface area contributed by atoms with Crippen molar-refractivity contribution in [1.29, 1.82) is 0 Å². The van der Waals surface area contributed by atoms with Gasteiger partial charge in [0.15, 0.2) is 6.10 Å². The summed E-state index contributed by atoms with van der Waals surface area (Å²) in [4.78, 5) is 25.2. The number of fused-ring (bicyclic) bond motifs is 1. The van der Waals surface area contributed by atoms with Gasteiger partial charge in [-0.25, -0.2) is 4.79 Å². The smallest absolute Gasteiger partial charge is 0.348 e. The Balaban J connectivity index is 1.51. The fraction of sp³-hybridized carbons (Fsp3) is 0.520. The molecule has 184 valence electrons. The summed E-state index contributed by atoms with van der Waals surface area (Å²) in [5.74, 6) is -0.665. The molecular formula is C25H31NO7S. The number of carbonyl (C=O) groups excluding carboxylic acids is 2. The standard InChI is InChI=1S/C25H31NO7S/c1-15(2)24(28)26-12-17-11-18-21(31-17)23(30-14-16-7-4-3-5-8-16)22(19(13-27)32-18)33-25(29)20-9-6-10-34-20/h3-10,15,17-19,21-23,27H,11-14H2,1-2H3,(H,26,28)/t17?,18-,19-,21+,22-,23-/m1/s1. The van der Waals surface area contributed by atoms with Crippen LogP contribution in [0.2, 0.25) is 0 Å². The maximum atomic E-state index is 12.8. The summed E-state index contributed by atoms with van der Waals surface area (Å²) in [5.41, 5.74) is 0.966. The van der Waals surface area contributed by atoms with E-state index in [9.17, 15) is 14.7 Å². The van der Waals surface area contributed by atoms with Gasteiger partial charge in [0.05, 0.1) is 25.4 Å². The van der Waals surface area contributed by atoms with Crippen LogP contribution in [0.4, 0.5) is 0 Å². The Hall–Kier alpha value is -2.30. The van der Waals surface area contributed by atoms with Gasteiger partial charge in [0.2, 0.25) is 5.91 Å². The molecule has 0 aliphatic carbocycles. The largest absolute Gasteiger partial charge is 0.452 e. The van der Waals surface area contributed by atoms with E-state index in [-0.39, 0.29) is 37.2 Å². The second-order valence-electron chi connectivity index (χ2n) is 8.86. The molecule has 2 aliphatic rings. The van der Waals surface area contributed by atoms with Crippen LogP contribution >= 0.6 is 11.3 Å². The average molecular weight is 490 g/mol. The molecule has 1 aromatic heterocycles. The number of hydrogen-bond acceptors (Lipinski definition) is 8. The highest BCUT2D eigenvalue weighted by Gasteiger charge is 2.53. The molecule has 4 rings (SSSR count). The number of carbonyl (C=O) groups is 2. The van der Waals surface area contributed by atoms with Crippen molar-refractivity contribution in [3.8, 4) is 0 Å². The Morgan fingerprint density at radius 3 is 2.62 bits per heavy atom. The zero-order valence-electron chi connectivity index (χ0n) is 19.3. The van der Waals surface area contributed by atoms with E-state index in [4.69, 9.17) is 18.9 Å². The van der Waals surface area contributed by atoms with Gasteiger partial charge in [-0.2, -0.15) is 0 Å². The number of aliphatic hydroxyl groups excluding tert-OH is 1. The molecule has 0 saturated carbocycles. The molecule has 8 nitrogen and oxygen atoms in total. The first kappa shape index (κ1) is 24.8. The lowest BCUT2D eigenvalue weighted by Crippen LogP contribution is -2.59. The van der Waals surface area contributed by atoms with E-state index in [0.29, 0.717) is 17.8 Å². The first-order valence-corrected chi connectivity index (χ1v) is 12.4. The first-order valence-electron chi connectivity index (χ1n) is 11.6. The Labute approximate surface area is 203 Å². The third-order valence-electron chi connectivity index (χ3n) is 6.03. The predicted octanol–water partition coefficient (Wildman–Crippen LogP) is 2.55. The molecule has 1 amide bonds. The molecule has 2 aromatic rings. The van der Waals surface area contributed by atoms with Crippen molar-refractivity contribution < 1.29 is 33.6 Å². The number of aliphatic hydroxyl groups is 1. The van der Waals surface area contributed by atoms with E-state index >= 15 is 0 Å². The van der Waals surface area contributed by atoms with E-state index in [1.54, 1.807) is 17.5 Å². The van der Waals surface area contributed by atoms with Gasteiger partial charge in [-0.15, -0.1) is 11.3 Å².